The fraction of sp³-hybridized carbons (Fsp3) is 0.160. The summed E-state index contributed by atoms with van der Waals surface area (Å²) in [4.78, 5) is 31.6. The Morgan fingerprint density at radius 2 is 1.91 bits per heavy atom. The van der Waals surface area contributed by atoms with Crippen molar-refractivity contribution < 1.29 is 14.3 Å². The minimum absolute atomic E-state index is 0.0787. The standard InChI is InChI=1S/C25H22N2O4S/c1-4-14-31-24(29)21-16(2)26-25-27(22(21)17-10-6-5-7-11-17)23(28)20(32-25)15-18-12-8-9-13-19(18)30-3/h4-13,15,22H,1,14H2,2-3H3/b20-15+/t22-/m0/s1. The van der Waals surface area contributed by atoms with E-state index in [1.54, 1.807) is 24.7 Å². The Balaban J connectivity index is 1.94. The number of aromatic nitrogens is 1. The predicted octanol–water partition coefficient (Wildman–Crippen LogP) is 2.97. The Bertz CT molecular complexity index is 1380. The van der Waals surface area contributed by atoms with Gasteiger partial charge in [-0.05, 0) is 24.6 Å². The third kappa shape index (κ3) is 3.94. The highest BCUT2D eigenvalue weighted by molar-refractivity contribution is 7.07. The van der Waals surface area contributed by atoms with Gasteiger partial charge in [-0.25, -0.2) is 9.79 Å². The number of esters is 1. The van der Waals surface area contributed by atoms with Gasteiger partial charge >= 0.3 is 5.97 Å². The molecule has 0 spiro atoms. The molecule has 0 aliphatic carbocycles. The van der Waals surface area contributed by atoms with Crippen molar-refractivity contribution >= 4 is 23.4 Å². The van der Waals surface area contributed by atoms with Crippen LogP contribution in [0.4, 0.5) is 0 Å². The largest absolute Gasteiger partial charge is 0.496 e. The van der Waals surface area contributed by atoms with Crippen molar-refractivity contribution in [1.82, 2.24) is 4.57 Å². The maximum absolute atomic E-state index is 13.5. The van der Waals surface area contributed by atoms with Crippen LogP contribution in [0.5, 0.6) is 5.75 Å². The van der Waals surface area contributed by atoms with E-state index in [0.717, 1.165) is 11.1 Å². The van der Waals surface area contributed by atoms with Crippen molar-refractivity contribution in [3.05, 3.63) is 109 Å². The van der Waals surface area contributed by atoms with Gasteiger partial charge < -0.3 is 9.47 Å². The molecule has 0 fully saturated rings. The second kappa shape index (κ2) is 9.20. The minimum Gasteiger partial charge on any atom is -0.496 e. The molecular formula is C25H22N2O4S. The van der Waals surface area contributed by atoms with E-state index in [9.17, 15) is 9.59 Å². The summed E-state index contributed by atoms with van der Waals surface area (Å²) >= 11 is 1.28. The Morgan fingerprint density at radius 3 is 2.62 bits per heavy atom. The van der Waals surface area contributed by atoms with E-state index in [0.29, 0.717) is 26.4 Å². The van der Waals surface area contributed by atoms with Crippen molar-refractivity contribution in [1.29, 1.82) is 0 Å². The van der Waals surface area contributed by atoms with Crippen LogP contribution < -0.4 is 19.6 Å². The van der Waals surface area contributed by atoms with E-state index >= 15 is 0 Å². The van der Waals surface area contributed by atoms with Gasteiger partial charge in [-0.1, -0.05) is 72.5 Å². The van der Waals surface area contributed by atoms with Gasteiger partial charge in [0.05, 0.1) is 29.0 Å². The lowest BCUT2D eigenvalue weighted by molar-refractivity contribution is -0.138. The van der Waals surface area contributed by atoms with Crippen LogP contribution in [-0.4, -0.2) is 24.3 Å². The zero-order chi connectivity index (χ0) is 22.7. The molecule has 0 saturated heterocycles. The fourth-order valence-corrected chi connectivity index (χ4v) is 4.71. The van der Waals surface area contributed by atoms with E-state index < -0.39 is 12.0 Å². The van der Waals surface area contributed by atoms with Crippen molar-refractivity contribution in [3.8, 4) is 5.75 Å². The summed E-state index contributed by atoms with van der Waals surface area (Å²) in [5.41, 5.74) is 2.23. The third-order valence-electron chi connectivity index (χ3n) is 5.11. The monoisotopic (exact) mass is 446 g/mol. The van der Waals surface area contributed by atoms with Crippen LogP contribution in [0.2, 0.25) is 0 Å². The average Bonchev–Trinajstić information content (AvgIpc) is 3.11. The number of benzene rings is 2. The van der Waals surface area contributed by atoms with Crippen LogP contribution in [-0.2, 0) is 9.53 Å². The molecule has 6 nitrogen and oxygen atoms in total. The third-order valence-corrected chi connectivity index (χ3v) is 6.10. The number of allylic oxidation sites excluding steroid dienone is 1. The van der Waals surface area contributed by atoms with Gasteiger partial charge in [-0.3, -0.25) is 9.36 Å². The highest BCUT2D eigenvalue weighted by atomic mass is 32.1. The van der Waals surface area contributed by atoms with Crippen LogP contribution in [0.3, 0.4) is 0 Å². The first-order chi connectivity index (χ1) is 15.5. The summed E-state index contributed by atoms with van der Waals surface area (Å²) in [5, 5.41) is 0. The number of carbonyl (C=O) groups is 1. The topological polar surface area (TPSA) is 69.9 Å². The molecular weight excluding hydrogens is 424 g/mol. The number of methoxy groups -OCH3 is 1. The Kier molecular flexibility index (Phi) is 6.18. The molecule has 2 aromatic carbocycles. The van der Waals surface area contributed by atoms with Crippen molar-refractivity contribution in [3.63, 3.8) is 0 Å². The molecule has 1 atom stereocenters. The lowest BCUT2D eigenvalue weighted by atomic mass is 9.96. The highest BCUT2D eigenvalue weighted by Crippen LogP contribution is 2.30. The number of ether oxygens (including phenoxy) is 2. The normalized spacial score (nSPS) is 15.7. The van der Waals surface area contributed by atoms with Gasteiger partial charge in [0.2, 0.25) is 0 Å². The molecule has 1 aromatic heterocycles. The number of hydrogen-bond acceptors (Lipinski definition) is 6. The maximum Gasteiger partial charge on any atom is 0.338 e. The zero-order valence-corrected chi connectivity index (χ0v) is 18.6. The number of para-hydroxylation sites is 1. The summed E-state index contributed by atoms with van der Waals surface area (Å²) in [5.74, 6) is 0.154. The van der Waals surface area contributed by atoms with Crippen molar-refractivity contribution in [2.45, 2.75) is 13.0 Å². The fourth-order valence-electron chi connectivity index (χ4n) is 3.67. The predicted molar refractivity (Wildman–Crippen MR) is 124 cm³/mol. The van der Waals surface area contributed by atoms with Gasteiger partial charge in [0.25, 0.3) is 5.56 Å². The summed E-state index contributed by atoms with van der Waals surface area (Å²) in [6, 6.07) is 16.3. The number of nitrogens with zero attached hydrogens (tertiary/aromatic N) is 2. The van der Waals surface area contributed by atoms with Crippen LogP contribution >= 0.6 is 11.3 Å². The van der Waals surface area contributed by atoms with E-state index in [1.807, 2.05) is 54.6 Å². The van der Waals surface area contributed by atoms with Crippen LogP contribution in [0, 0.1) is 0 Å². The first kappa shape index (κ1) is 21.5. The molecule has 1 aliphatic heterocycles. The summed E-state index contributed by atoms with van der Waals surface area (Å²) in [7, 11) is 1.59. The SMILES string of the molecule is C=CCOC(=O)C1=C(C)N=c2s/c(=C/c3ccccc3OC)c(=O)n2[C@H]1c1ccccc1. The molecule has 3 aromatic rings. The molecule has 1 aliphatic rings. The van der Waals surface area contributed by atoms with E-state index in [4.69, 9.17) is 9.47 Å². The van der Waals surface area contributed by atoms with Crippen LogP contribution in [0.15, 0.2) is 88.3 Å². The maximum atomic E-state index is 13.5. The number of hydrogen-bond donors (Lipinski definition) is 0. The van der Waals surface area contributed by atoms with Crippen molar-refractivity contribution in [2.24, 2.45) is 4.99 Å². The molecule has 4 rings (SSSR count). The number of thiazole rings is 1. The lowest BCUT2D eigenvalue weighted by Crippen LogP contribution is -2.39. The molecule has 0 radical (unpaired) electrons. The smallest absolute Gasteiger partial charge is 0.338 e. The second-order valence-corrected chi connectivity index (χ2v) is 8.13. The van der Waals surface area contributed by atoms with Gasteiger partial charge in [0.15, 0.2) is 4.80 Å². The zero-order valence-electron chi connectivity index (χ0n) is 17.8. The summed E-state index contributed by atoms with van der Waals surface area (Å²) < 4.78 is 12.8. The van der Waals surface area contributed by atoms with Gasteiger partial charge in [0, 0.05) is 5.56 Å². The Morgan fingerprint density at radius 1 is 1.19 bits per heavy atom. The summed E-state index contributed by atoms with van der Waals surface area (Å²) in [6.45, 7) is 5.44. The van der Waals surface area contributed by atoms with E-state index in [1.165, 1.54) is 17.4 Å². The Labute approximate surface area is 189 Å². The van der Waals surface area contributed by atoms with E-state index in [2.05, 4.69) is 11.6 Å². The molecule has 162 valence electrons. The van der Waals surface area contributed by atoms with Crippen molar-refractivity contribution in [2.75, 3.05) is 13.7 Å². The van der Waals surface area contributed by atoms with Gasteiger partial charge in [-0.15, -0.1) is 0 Å². The molecule has 0 N–H and O–H groups in total. The van der Waals surface area contributed by atoms with Crippen LogP contribution in [0.1, 0.15) is 24.1 Å². The first-order valence-electron chi connectivity index (χ1n) is 10.0. The molecule has 7 heteroatoms. The number of rotatable bonds is 6. The number of fused-ring (bicyclic) bond motifs is 1. The van der Waals surface area contributed by atoms with Gasteiger partial charge in [-0.2, -0.15) is 0 Å². The lowest BCUT2D eigenvalue weighted by Gasteiger charge is -2.24. The van der Waals surface area contributed by atoms with E-state index in [-0.39, 0.29) is 12.2 Å². The average molecular weight is 447 g/mol. The highest BCUT2D eigenvalue weighted by Gasteiger charge is 2.33. The Hall–Kier alpha value is -3.71. The summed E-state index contributed by atoms with van der Waals surface area (Å²) in [6.07, 6.45) is 3.30. The minimum atomic E-state index is -0.635. The molecule has 0 unspecified atom stereocenters. The van der Waals surface area contributed by atoms with Gasteiger partial charge in [0.1, 0.15) is 12.4 Å². The molecule has 0 amide bonds. The molecule has 0 bridgehead atoms. The molecule has 2 heterocycles. The first-order valence-corrected chi connectivity index (χ1v) is 10.9. The second-order valence-electron chi connectivity index (χ2n) is 7.12. The molecule has 32 heavy (non-hydrogen) atoms. The number of carbonyl (C=O) groups excluding carboxylic acids is 1. The quantitative estimate of drug-likeness (QED) is 0.431. The molecule has 0 saturated carbocycles. The van der Waals surface area contributed by atoms with Crippen LogP contribution in [0.25, 0.3) is 6.08 Å².